The molecule has 0 amide bonds. The van der Waals surface area contributed by atoms with Gasteiger partial charge in [0.25, 0.3) is 0 Å². The van der Waals surface area contributed by atoms with Gasteiger partial charge in [-0.3, -0.25) is 0 Å². The van der Waals surface area contributed by atoms with Crippen LogP contribution in [0.2, 0.25) is 0 Å². The number of nitrogens with zero attached hydrogens (tertiary/aromatic N) is 1. The fourth-order valence-corrected chi connectivity index (χ4v) is 2.25. The van der Waals surface area contributed by atoms with Crippen LogP contribution in [0.5, 0.6) is 5.75 Å². The summed E-state index contributed by atoms with van der Waals surface area (Å²) in [6.45, 7) is 14.5. The Morgan fingerprint density at radius 3 is 2.56 bits per heavy atom. The molecule has 0 fully saturated rings. The van der Waals surface area contributed by atoms with Crippen LogP contribution in [0, 0.1) is 12.3 Å². The van der Waals surface area contributed by atoms with E-state index in [2.05, 4.69) is 54.6 Å². The highest BCUT2D eigenvalue weighted by atomic mass is 16.5. The van der Waals surface area contributed by atoms with Gasteiger partial charge in [0.2, 0.25) is 0 Å². The smallest absolute Gasteiger partial charge is 0.191 e. The van der Waals surface area contributed by atoms with Crippen LogP contribution in [0.4, 0.5) is 0 Å². The first kappa shape index (κ1) is 21.3. The Hall–Kier alpha value is -1.75. The SMILES string of the molecule is CCNC(=NCc1ccc(C)cc1OC(C)C)NCC(C)(CC)CO. The molecule has 1 aromatic carbocycles. The maximum Gasteiger partial charge on any atom is 0.191 e. The highest BCUT2D eigenvalue weighted by Gasteiger charge is 2.21. The summed E-state index contributed by atoms with van der Waals surface area (Å²) in [6, 6.07) is 6.22. The van der Waals surface area contributed by atoms with E-state index in [1.807, 2.05) is 20.8 Å². The zero-order valence-electron chi connectivity index (χ0n) is 16.6. The number of hydrogen-bond acceptors (Lipinski definition) is 3. The molecule has 0 saturated heterocycles. The fraction of sp³-hybridized carbons (Fsp3) is 0.650. The van der Waals surface area contributed by atoms with E-state index >= 15 is 0 Å². The predicted octanol–water partition coefficient (Wildman–Crippen LogP) is 3.25. The maximum atomic E-state index is 9.57. The molecule has 0 aromatic heterocycles. The number of guanidine groups is 1. The number of hydrogen-bond donors (Lipinski definition) is 3. The first-order valence-corrected chi connectivity index (χ1v) is 9.22. The summed E-state index contributed by atoms with van der Waals surface area (Å²) >= 11 is 0. The van der Waals surface area contributed by atoms with Gasteiger partial charge in [0, 0.05) is 24.1 Å². The van der Waals surface area contributed by atoms with Gasteiger partial charge in [0.05, 0.1) is 19.3 Å². The van der Waals surface area contributed by atoms with Crippen LogP contribution in [0.25, 0.3) is 0 Å². The van der Waals surface area contributed by atoms with E-state index in [-0.39, 0.29) is 18.1 Å². The Balaban J connectivity index is 2.87. The molecule has 1 rings (SSSR count). The summed E-state index contributed by atoms with van der Waals surface area (Å²) < 4.78 is 5.92. The molecular formula is C20H35N3O2. The minimum absolute atomic E-state index is 0.130. The quantitative estimate of drug-likeness (QED) is 0.473. The minimum atomic E-state index is -0.147. The molecule has 25 heavy (non-hydrogen) atoms. The van der Waals surface area contributed by atoms with Crippen LogP contribution in [0.15, 0.2) is 23.2 Å². The third-order valence-corrected chi connectivity index (χ3v) is 4.25. The minimum Gasteiger partial charge on any atom is -0.491 e. The van der Waals surface area contributed by atoms with E-state index in [1.165, 1.54) is 5.56 Å². The lowest BCUT2D eigenvalue weighted by atomic mass is 9.89. The number of aryl methyl sites for hydroxylation is 1. The van der Waals surface area contributed by atoms with Gasteiger partial charge in [-0.15, -0.1) is 0 Å². The van der Waals surface area contributed by atoms with E-state index in [9.17, 15) is 5.11 Å². The third-order valence-electron chi connectivity index (χ3n) is 4.25. The Kier molecular flexibility index (Phi) is 8.76. The first-order chi connectivity index (χ1) is 11.8. The molecule has 1 atom stereocenters. The molecule has 0 aliphatic heterocycles. The summed E-state index contributed by atoms with van der Waals surface area (Å²) in [5.74, 6) is 1.65. The van der Waals surface area contributed by atoms with Gasteiger partial charge >= 0.3 is 0 Å². The van der Waals surface area contributed by atoms with E-state index in [0.717, 1.165) is 30.2 Å². The molecule has 5 heteroatoms. The van der Waals surface area contributed by atoms with Gasteiger partial charge < -0.3 is 20.5 Å². The lowest BCUT2D eigenvalue weighted by molar-refractivity contribution is 0.140. The van der Waals surface area contributed by atoms with Crippen LogP contribution in [0.1, 0.15) is 52.2 Å². The van der Waals surface area contributed by atoms with Crippen LogP contribution < -0.4 is 15.4 Å². The molecule has 0 spiro atoms. The molecule has 0 bridgehead atoms. The van der Waals surface area contributed by atoms with E-state index < -0.39 is 0 Å². The number of aliphatic imine (C=N–C) groups is 1. The number of aliphatic hydroxyl groups excluding tert-OH is 1. The second-order valence-electron chi connectivity index (χ2n) is 7.15. The van der Waals surface area contributed by atoms with Crippen molar-refractivity contribution in [2.24, 2.45) is 10.4 Å². The molecular weight excluding hydrogens is 314 g/mol. The van der Waals surface area contributed by atoms with Crippen molar-refractivity contribution in [3.8, 4) is 5.75 Å². The van der Waals surface area contributed by atoms with Gasteiger partial charge in [0.1, 0.15) is 5.75 Å². The fourth-order valence-electron chi connectivity index (χ4n) is 2.25. The Bertz CT molecular complexity index is 552. The number of nitrogens with one attached hydrogen (secondary N) is 2. The van der Waals surface area contributed by atoms with Gasteiger partial charge in [-0.05, 0) is 45.7 Å². The molecule has 0 aliphatic carbocycles. The van der Waals surface area contributed by atoms with E-state index in [4.69, 9.17) is 4.74 Å². The average Bonchev–Trinajstić information content (AvgIpc) is 2.58. The zero-order chi connectivity index (χ0) is 18.9. The summed E-state index contributed by atoms with van der Waals surface area (Å²) in [5.41, 5.74) is 2.10. The van der Waals surface area contributed by atoms with Gasteiger partial charge in [-0.2, -0.15) is 0 Å². The van der Waals surface area contributed by atoms with E-state index in [1.54, 1.807) is 0 Å². The van der Waals surface area contributed by atoms with E-state index in [0.29, 0.717) is 13.1 Å². The summed E-state index contributed by atoms with van der Waals surface area (Å²) in [5, 5.41) is 16.2. The van der Waals surface area contributed by atoms with Crippen molar-refractivity contribution < 1.29 is 9.84 Å². The summed E-state index contributed by atoms with van der Waals surface area (Å²) in [7, 11) is 0. The van der Waals surface area contributed by atoms with Crippen molar-refractivity contribution in [1.29, 1.82) is 0 Å². The standard InChI is InChI=1S/C20H35N3O2/c1-7-20(6,14-24)13-23-19(21-8-2)22-12-17-10-9-16(5)11-18(17)25-15(3)4/h9-11,15,24H,7-8,12-14H2,1-6H3,(H2,21,22,23). The Morgan fingerprint density at radius 1 is 1.28 bits per heavy atom. The highest BCUT2D eigenvalue weighted by Crippen LogP contribution is 2.22. The van der Waals surface area contributed by atoms with Crippen molar-refractivity contribution in [3.63, 3.8) is 0 Å². The van der Waals surface area contributed by atoms with Crippen molar-refractivity contribution in [2.45, 2.75) is 60.6 Å². The van der Waals surface area contributed by atoms with Gasteiger partial charge in [0.15, 0.2) is 5.96 Å². The molecule has 142 valence electrons. The Labute approximate surface area is 152 Å². The lowest BCUT2D eigenvalue weighted by Gasteiger charge is -2.27. The van der Waals surface area contributed by atoms with Crippen molar-refractivity contribution in [1.82, 2.24) is 10.6 Å². The number of benzene rings is 1. The number of ether oxygens (including phenoxy) is 1. The molecule has 1 aromatic rings. The largest absolute Gasteiger partial charge is 0.491 e. The predicted molar refractivity (Wildman–Crippen MR) is 105 cm³/mol. The normalized spacial score (nSPS) is 14.3. The zero-order valence-corrected chi connectivity index (χ0v) is 16.6. The topological polar surface area (TPSA) is 65.9 Å². The molecule has 5 nitrogen and oxygen atoms in total. The number of aliphatic hydroxyl groups is 1. The molecule has 0 saturated carbocycles. The monoisotopic (exact) mass is 349 g/mol. The van der Waals surface area contributed by atoms with Crippen molar-refractivity contribution >= 4 is 5.96 Å². The molecule has 0 radical (unpaired) electrons. The first-order valence-electron chi connectivity index (χ1n) is 9.22. The van der Waals surface area contributed by atoms with Crippen LogP contribution >= 0.6 is 0 Å². The number of rotatable bonds is 9. The third kappa shape index (κ3) is 7.34. The summed E-state index contributed by atoms with van der Waals surface area (Å²) in [6.07, 6.45) is 1.03. The van der Waals surface area contributed by atoms with Crippen molar-refractivity contribution in [3.05, 3.63) is 29.3 Å². The Morgan fingerprint density at radius 2 is 2.00 bits per heavy atom. The summed E-state index contributed by atoms with van der Waals surface area (Å²) in [4.78, 5) is 4.69. The second-order valence-corrected chi connectivity index (χ2v) is 7.15. The molecule has 1 unspecified atom stereocenters. The lowest BCUT2D eigenvalue weighted by Crippen LogP contribution is -2.43. The molecule has 0 aliphatic rings. The van der Waals surface area contributed by atoms with Crippen LogP contribution in [0.3, 0.4) is 0 Å². The maximum absolute atomic E-state index is 9.57. The van der Waals surface area contributed by atoms with Crippen LogP contribution in [-0.2, 0) is 6.54 Å². The highest BCUT2D eigenvalue weighted by molar-refractivity contribution is 5.79. The molecule has 0 heterocycles. The second kappa shape index (κ2) is 10.3. The van der Waals surface area contributed by atoms with Gasteiger partial charge in [-0.1, -0.05) is 26.0 Å². The molecule has 3 N–H and O–H groups in total. The van der Waals surface area contributed by atoms with Crippen LogP contribution in [-0.4, -0.2) is 36.9 Å². The average molecular weight is 350 g/mol. The van der Waals surface area contributed by atoms with Crippen molar-refractivity contribution in [2.75, 3.05) is 19.7 Å². The van der Waals surface area contributed by atoms with Gasteiger partial charge in [-0.25, -0.2) is 4.99 Å².